The van der Waals surface area contributed by atoms with Gasteiger partial charge in [0, 0.05) is 70.6 Å². The van der Waals surface area contributed by atoms with Crippen LogP contribution in [0.2, 0.25) is 0 Å². The Kier molecular flexibility index (Phi) is 58.1. The van der Waals surface area contributed by atoms with Gasteiger partial charge in [0.25, 0.3) is 0 Å². The summed E-state index contributed by atoms with van der Waals surface area (Å²) in [6.07, 6.45) is 4.42. The number of hydrogen-bond acceptors (Lipinski definition) is 22. The zero-order valence-electron chi connectivity index (χ0n) is 89.5. The maximum Gasteiger partial charge on any atom is 0.408 e. The first-order valence-electron chi connectivity index (χ1n) is 48.2. The Balaban J connectivity index is 0.000000859. The maximum atomic E-state index is 13.3. The number of aliphatic hydroxyl groups excluding tert-OH is 1. The molecule has 0 aliphatic heterocycles. The number of nitrogens with two attached hydrogens (primary N) is 1. The molecule has 2 aromatic heterocycles. The number of ketones is 4. The highest BCUT2D eigenvalue weighted by Gasteiger charge is 2.39. The van der Waals surface area contributed by atoms with Gasteiger partial charge in [-0.15, -0.1) is 0 Å². The molecule has 0 fully saturated rings. The van der Waals surface area contributed by atoms with E-state index in [1.807, 2.05) is 242 Å². The molecule has 5 amide bonds. The number of aliphatic hydroxyl groups is 1. The van der Waals surface area contributed by atoms with Crippen LogP contribution in [0.25, 0.3) is 0 Å². The largest absolute Gasteiger partial charge is 0.464 e. The van der Waals surface area contributed by atoms with Crippen LogP contribution in [-0.2, 0) is 84.6 Å². The van der Waals surface area contributed by atoms with Crippen LogP contribution in [0.4, 0.5) is 24.0 Å². The summed E-state index contributed by atoms with van der Waals surface area (Å²) in [4.78, 5) is 155. The quantitative estimate of drug-likeness (QED) is 0.00638. The lowest BCUT2D eigenvalue weighted by Crippen LogP contribution is -2.50. The highest BCUT2D eigenvalue weighted by atomic mass is 35.5. The summed E-state index contributed by atoms with van der Waals surface area (Å²) in [7, 11) is 0. The molecule has 0 aliphatic carbocycles. The van der Waals surface area contributed by atoms with E-state index in [-0.39, 0.29) is 76.0 Å². The molecule has 0 saturated carbocycles. The first kappa shape index (κ1) is 129. The van der Waals surface area contributed by atoms with E-state index in [0.29, 0.717) is 101 Å². The molecule has 3 unspecified atom stereocenters. The van der Waals surface area contributed by atoms with Crippen molar-refractivity contribution in [3.05, 3.63) is 280 Å². The fourth-order valence-electron chi connectivity index (χ4n) is 13.4. The number of Topliss-reactive ketones (excluding diaryl/α,β-unsaturated/α-hetero) is 3. The molecule has 0 aliphatic rings. The van der Waals surface area contributed by atoms with Crippen molar-refractivity contribution in [2.45, 2.75) is 317 Å². The van der Waals surface area contributed by atoms with Crippen molar-refractivity contribution in [3.63, 3.8) is 0 Å². The number of carbonyl (C=O) groups is 11. The number of carbonyl (C=O) groups excluding carboxylic acids is 11. The molecule has 143 heavy (non-hydrogen) atoms. The van der Waals surface area contributed by atoms with E-state index < -0.39 is 101 Å². The Morgan fingerprint density at radius 3 is 1.10 bits per heavy atom. The van der Waals surface area contributed by atoms with Crippen LogP contribution >= 0.6 is 34.8 Å². The molecule has 30 heteroatoms. The van der Waals surface area contributed by atoms with Crippen molar-refractivity contribution in [2.75, 3.05) is 6.54 Å². The molecule has 5 aromatic carbocycles. The number of hydrogen-bond donors (Lipinski definition) is 7. The zero-order valence-corrected chi connectivity index (χ0v) is 91.7. The third-order valence-electron chi connectivity index (χ3n) is 20.0. The number of aldehydes is 2. The Hall–Kier alpha value is -11.6. The summed E-state index contributed by atoms with van der Waals surface area (Å²) in [5.41, 5.74) is 9.31. The first-order valence-corrected chi connectivity index (χ1v) is 49.3. The minimum absolute atomic E-state index is 0.00343. The van der Waals surface area contributed by atoms with Crippen LogP contribution in [0.3, 0.4) is 0 Å². The number of nitrogens with one attached hydrogen (secondary N) is 5. The summed E-state index contributed by atoms with van der Waals surface area (Å²) in [6, 6.07) is 48.4. The zero-order chi connectivity index (χ0) is 109. The van der Waals surface area contributed by atoms with Crippen LogP contribution in [-0.4, -0.2) is 130 Å². The summed E-state index contributed by atoms with van der Waals surface area (Å²) in [6.45, 7) is 54.6. The number of benzene rings is 5. The van der Waals surface area contributed by atoms with Gasteiger partial charge in [0.1, 0.15) is 63.6 Å². The van der Waals surface area contributed by atoms with Gasteiger partial charge >= 0.3 is 30.5 Å². The average Bonchev–Trinajstić information content (AvgIpc) is 0.797. The van der Waals surface area contributed by atoms with Crippen LogP contribution in [0, 0.1) is 55.3 Å². The molecule has 8 atom stereocenters. The molecule has 0 radical (unpaired) electrons. The fraction of sp³-hybridized carbons (Fsp3) is 0.496. The number of amides is 5. The van der Waals surface area contributed by atoms with Crippen molar-refractivity contribution in [1.82, 2.24) is 26.6 Å². The smallest absolute Gasteiger partial charge is 0.408 e. The summed E-state index contributed by atoms with van der Waals surface area (Å²) >= 11 is 17.0. The monoisotopic (exact) mass is 2040 g/mol. The lowest BCUT2D eigenvalue weighted by atomic mass is 9.83. The van der Waals surface area contributed by atoms with Gasteiger partial charge in [0.2, 0.25) is 0 Å². The third kappa shape index (κ3) is 56.9. The fourth-order valence-corrected chi connectivity index (χ4v) is 13.7. The van der Waals surface area contributed by atoms with E-state index in [1.54, 1.807) is 118 Å². The first-order chi connectivity index (χ1) is 66.3. The van der Waals surface area contributed by atoms with E-state index >= 15 is 0 Å². The normalized spacial score (nSPS) is 13.4. The van der Waals surface area contributed by atoms with Crippen molar-refractivity contribution < 1.29 is 90.4 Å². The number of ether oxygens (including phenoxy) is 5. The standard InChI is InChI=1S/C22H32ClNO4.C22H30ClNO4.C22H29NO4.C18H27NO3.C17H21NO2.C8H15NO3.C4H5ClO/c2*1-14(2)19(24-21(27)28-22(4,5)6)20(26)17(18(25)12-15(3)23)13-16-10-8-7-9-11-16;1-14(2)19(23-21(25)27-22(4,5)6)20-17(18(24)12-15(3)26-20)13-16-10-8-7-9-11-16;1-13(2)16(19-17(21)22-18(3,4)5)15(20)12-11-14-9-7-6-8-10-14;1-11(2)16(18)17-14(15(19)9-12(3)20-17)10-13-7-5-4-6-8-13;1-8(2,3)12-7(11)9-5-4-6-10;1-4(5)2-3-6/h7-12,14,17-19,25H,13H2,1-6H3,(H,24,27);7-12,14,17,19H,13H2,1-6H3,(H,24,27);7-12,14,19H,13H2,1-6H3,(H,23,25);6-10,13,16H,11-12H2,1-5H3,(H,19,21);4-9,11,16H,10,18H2,1-3H3;6H,4-5H2,1-3H3,(H,9,11);2-3H,1H3/b2*15-12-;;;;;4-2-/t17?,18?,19-;17?,19-;19-;2*16-;;/m11111../s1. The molecule has 0 bridgehead atoms. The number of rotatable bonds is 35. The Bertz CT molecular complexity index is 5300. The predicted octanol–water partition coefficient (Wildman–Crippen LogP) is 23.3. The Labute approximate surface area is 862 Å². The van der Waals surface area contributed by atoms with E-state index in [4.69, 9.17) is 73.1 Å². The van der Waals surface area contributed by atoms with Gasteiger partial charge in [-0.3, -0.25) is 33.6 Å². The second-order valence-corrected chi connectivity index (χ2v) is 42.9. The number of aryl methyl sites for hydroxylation is 3. The molecule has 2 heterocycles. The summed E-state index contributed by atoms with van der Waals surface area (Å²) in [5.74, 6) is -0.559. The number of halogens is 3. The maximum absolute atomic E-state index is 13.3. The molecular weight excluding hydrogens is 1880 g/mol. The lowest BCUT2D eigenvalue weighted by Gasteiger charge is -2.29. The lowest BCUT2D eigenvalue weighted by molar-refractivity contribution is -0.132. The van der Waals surface area contributed by atoms with Crippen LogP contribution in [0.1, 0.15) is 281 Å². The van der Waals surface area contributed by atoms with Crippen molar-refractivity contribution in [2.24, 2.45) is 47.2 Å². The van der Waals surface area contributed by atoms with Crippen LogP contribution in [0.5, 0.6) is 0 Å². The Morgan fingerprint density at radius 2 is 0.769 bits per heavy atom. The van der Waals surface area contributed by atoms with Gasteiger partial charge in [-0.2, -0.15) is 0 Å². The molecular formula is C113H159Cl3N6O21. The van der Waals surface area contributed by atoms with Gasteiger partial charge in [-0.25, -0.2) is 24.0 Å². The van der Waals surface area contributed by atoms with Gasteiger partial charge < -0.3 is 74.7 Å². The van der Waals surface area contributed by atoms with Crippen molar-refractivity contribution >= 4 is 101 Å². The topological polar surface area (TPSA) is 401 Å². The number of alkyl carbamates (subject to hydrolysis) is 5. The van der Waals surface area contributed by atoms with E-state index in [0.717, 1.165) is 34.1 Å². The minimum atomic E-state index is -1.06. The van der Waals surface area contributed by atoms with Gasteiger partial charge in [-0.1, -0.05) is 256 Å². The highest BCUT2D eigenvalue weighted by molar-refractivity contribution is 6.31. The van der Waals surface area contributed by atoms with Crippen LogP contribution in [0.15, 0.2) is 216 Å². The molecule has 7 aromatic rings. The highest BCUT2D eigenvalue weighted by Crippen LogP contribution is 2.30. The predicted molar refractivity (Wildman–Crippen MR) is 569 cm³/mol. The molecule has 8 N–H and O–H groups in total. The van der Waals surface area contributed by atoms with Gasteiger partial charge in [-0.05, 0) is 233 Å². The molecule has 0 saturated heterocycles. The van der Waals surface area contributed by atoms with E-state index in [1.165, 1.54) is 30.4 Å². The summed E-state index contributed by atoms with van der Waals surface area (Å²) < 4.78 is 37.8. The van der Waals surface area contributed by atoms with Crippen LogP contribution < -0.4 is 43.2 Å². The van der Waals surface area contributed by atoms with E-state index in [9.17, 15) is 67.4 Å². The molecule has 788 valence electrons. The average molecular weight is 2040 g/mol. The minimum Gasteiger partial charge on any atom is -0.464 e. The van der Waals surface area contributed by atoms with Crippen molar-refractivity contribution in [3.8, 4) is 0 Å². The van der Waals surface area contributed by atoms with Gasteiger partial charge in [0.15, 0.2) is 34.0 Å². The number of allylic oxidation sites excluding steroid dienone is 5. The SMILES string of the molecule is C/C(Cl)=C/C(=O)C(Cc1ccccc1)C(=O)[C@H](NC(=O)OC(C)(C)C)C(C)C.C/C(Cl)=C/C(O)C(Cc1ccccc1)C(=O)[C@H](NC(=O)OC(C)(C)C)C(C)C.C/C(Cl)=C/C=O.CC(C)(C)OC(=O)NCCC=O.CC(C)[C@@H](NC(=O)OC(C)(C)C)C(=O)CCc1ccccc1.Cc1cc(=O)c(Cc2ccccc2)c([C@H](N)C(C)C)o1.Cc1cc(=O)c(Cc2ccccc2)c([C@H](NC(=O)OC(C)(C)C)C(C)C)o1. The molecule has 7 rings (SSSR count). The third-order valence-corrected chi connectivity index (χ3v) is 20.3. The van der Waals surface area contributed by atoms with E-state index in [2.05, 4.69) is 26.6 Å². The van der Waals surface area contributed by atoms with Crippen molar-refractivity contribution in [1.29, 1.82) is 0 Å². The summed E-state index contributed by atoms with van der Waals surface area (Å²) in [5, 5.41) is 25.2. The Morgan fingerprint density at radius 1 is 0.427 bits per heavy atom. The van der Waals surface area contributed by atoms with Gasteiger partial charge in [0.05, 0.1) is 48.1 Å². The second-order valence-electron chi connectivity index (χ2n) is 41.1. The second kappa shape index (κ2) is 64.2. The molecule has 0 spiro atoms. The molecule has 27 nitrogen and oxygen atoms in total.